The van der Waals surface area contributed by atoms with Crippen LogP contribution in [0.2, 0.25) is 0 Å². The fourth-order valence-corrected chi connectivity index (χ4v) is 2.60. The first kappa shape index (κ1) is 22.3. The van der Waals surface area contributed by atoms with E-state index < -0.39 is 10.1 Å². The molecule has 0 atom stereocenters. The molecule has 25 heavy (non-hydrogen) atoms. The fraction of sp³-hybridized carbons (Fsp3) is 0. The maximum absolute atomic E-state index is 11.8. The van der Waals surface area contributed by atoms with Gasteiger partial charge in [-0.2, -0.15) is 5.11 Å². The van der Waals surface area contributed by atoms with Crippen molar-refractivity contribution in [2.45, 2.75) is 4.90 Å². The van der Waals surface area contributed by atoms with Crippen LogP contribution >= 0.6 is 0 Å². The van der Waals surface area contributed by atoms with Crippen LogP contribution in [-0.2, 0) is 10.1 Å². The van der Waals surface area contributed by atoms with Gasteiger partial charge >= 0.3 is 59.1 Å². The largest absolute Gasteiger partial charge is 1.00 e. The van der Waals surface area contributed by atoms with E-state index in [9.17, 15) is 18.1 Å². The van der Waals surface area contributed by atoms with Gasteiger partial charge in [0.25, 0.3) is 0 Å². The molecule has 0 bridgehead atoms. The molecule has 9 heteroatoms. The van der Waals surface area contributed by atoms with Crippen molar-refractivity contribution in [3.05, 3.63) is 60.7 Å². The summed E-state index contributed by atoms with van der Waals surface area (Å²) in [5, 5.41) is 21.1. The molecule has 0 heterocycles. The van der Waals surface area contributed by atoms with Gasteiger partial charge in [0.05, 0.1) is 16.3 Å². The van der Waals surface area contributed by atoms with Crippen molar-refractivity contribution in [3.63, 3.8) is 0 Å². The Morgan fingerprint density at radius 1 is 0.760 bits per heavy atom. The molecule has 0 radical (unpaired) electrons. The molecule has 0 saturated heterocycles. The topological polar surface area (TPSA) is 105 Å². The Kier molecular flexibility index (Phi) is 8.24. The smallest absolute Gasteiger partial charge is 0.872 e. The molecule has 0 unspecified atom stereocenters. The van der Waals surface area contributed by atoms with Crippen molar-refractivity contribution in [1.82, 2.24) is 0 Å². The zero-order valence-electron chi connectivity index (χ0n) is 13.7. The van der Waals surface area contributed by atoms with E-state index in [4.69, 9.17) is 0 Å². The normalized spacial score (nSPS) is 11.1. The number of hydrogen-bond donors (Lipinski definition) is 0. The molecule has 0 N–H and O–H groups in total. The average Bonchev–Trinajstić information content (AvgIpc) is 2.54. The van der Waals surface area contributed by atoms with Crippen molar-refractivity contribution in [1.29, 1.82) is 0 Å². The minimum absolute atomic E-state index is 0. The standard InChI is InChI=1S/C16H12N2O4S.2Na/c19-16-10-9-15(13-3-1-2-4-14(13)16)18-17-11-5-7-12(8-6-11)23(20,21)22;;/h1-10,19H,(H,20,21,22);;/q;2*+1/p-2. The molecule has 3 rings (SSSR count). The van der Waals surface area contributed by atoms with Gasteiger partial charge in [-0.05, 0) is 35.7 Å². The van der Waals surface area contributed by atoms with Crippen molar-refractivity contribution < 1.29 is 77.2 Å². The summed E-state index contributed by atoms with van der Waals surface area (Å²) in [4.78, 5) is -0.322. The van der Waals surface area contributed by atoms with Gasteiger partial charge in [0.2, 0.25) is 0 Å². The third-order valence-corrected chi connectivity index (χ3v) is 4.11. The van der Waals surface area contributed by atoms with Crippen molar-refractivity contribution in [2.75, 3.05) is 0 Å². The zero-order valence-corrected chi connectivity index (χ0v) is 18.5. The van der Waals surface area contributed by atoms with Crippen LogP contribution in [0.25, 0.3) is 10.8 Å². The summed E-state index contributed by atoms with van der Waals surface area (Å²) in [7, 11) is -4.48. The Morgan fingerprint density at radius 3 is 1.96 bits per heavy atom. The van der Waals surface area contributed by atoms with Crippen LogP contribution in [0.4, 0.5) is 11.4 Å². The van der Waals surface area contributed by atoms with Crippen LogP contribution in [0.15, 0.2) is 75.8 Å². The van der Waals surface area contributed by atoms with E-state index in [1.165, 1.54) is 30.3 Å². The Labute approximate surface area is 189 Å². The molecule has 0 amide bonds. The van der Waals surface area contributed by atoms with Crippen LogP contribution in [-0.4, -0.2) is 13.0 Å². The Balaban J connectivity index is 0.00000156. The van der Waals surface area contributed by atoms with Gasteiger partial charge < -0.3 is 9.66 Å². The molecular weight excluding hydrogens is 362 g/mol. The van der Waals surface area contributed by atoms with E-state index in [-0.39, 0.29) is 69.8 Å². The minimum Gasteiger partial charge on any atom is -0.872 e. The summed E-state index contributed by atoms with van der Waals surface area (Å²) >= 11 is 0. The summed E-state index contributed by atoms with van der Waals surface area (Å²) in [5.41, 5.74) is 0.924. The summed E-state index contributed by atoms with van der Waals surface area (Å²) in [5.74, 6) is -0.0930. The molecule has 0 aliphatic heterocycles. The first-order valence-corrected chi connectivity index (χ1v) is 8.02. The van der Waals surface area contributed by atoms with E-state index >= 15 is 0 Å². The molecule has 0 fully saturated rings. The number of rotatable bonds is 3. The Bertz CT molecular complexity index is 1010. The van der Waals surface area contributed by atoms with Gasteiger partial charge in [-0.3, -0.25) is 0 Å². The van der Waals surface area contributed by atoms with Gasteiger partial charge in [-0.25, -0.2) is 8.42 Å². The quantitative estimate of drug-likeness (QED) is 0.282. The summed E-state index contributed by atoms with van der Waals surface area (Å²) in [6, 6.07) is 15.2. The molecule has 0 saturated carbocycles. The predicted molar refractivity (Wildman–Crippen MR) is 82.0 cm³/mol. The van der Waals surface area contributed by atoms with Gasteiger partial charge in [0.15, 0.2) is 0 Å². The number of hydrogen-bond acceptors (Lipinski definition) is 6. The second kappa shape index (κ2) is 9.25. The molecule has 3 aromatic carbocycles. The average molecular weight is 372 g/mol. The van der Waals surface area contributed by atoms with Gasteiger partial charge in [-0.1, -0.05) is 30.3 Å². The number of azo groups is 1. The SMILES string of the molecule is O=S(=O)([O-])c1ccc(N=Nc2ccc([O-])c3ccccc23)cc1.[Na+].[Na+]. The molecule has 0 spiro atoms. The maximum Gasteiger partial charge on any atom is 1.00 e. The van der Waals surface area contributed by atoms with E-state index in [2.05, 4.69) is 10.2 Å². The first-order valence-electron chi connectivity index (χ1n) is 6.61. The second-order valence-corrected chi connectivity index (χ2v) is 6.16. The van der Waals surface area contributed by atoms with E-state index in [1.807, 2.05) is 0 Å². The van der Waals surface area contributed by atoms with Crippen LogP contribution in [0.1, 0.15) is 0 Å². The predicted octanol–water partition coefficient (Wildman–Crippen LogP) is -2.76. The molecule has 0 aliphatic rings. The molecule has 0 aliphatic carbocycles. The van der Waals surface area contributed by atoms with Crippen LogP contribution < -0.4 is 64.2 Å². The van der Waals surface area contributed by atoms with E-state index in [1.54, 1.807) is 30.3 Å². The number of nitrogens with zero attached hydrogens (tertiary/aromatic N) is 2. The van der Waals surface area contributed by atoms with Gasteiger partial charge in [0.1, 0.15) is 10.1 Å². The number of benzene rings is 3. The van der Waals surface area contributed by atoms with E-state index in [0.29, 0.717) is 22.1 Å². The maximum atomic E-state index is 11.8. The first-order chi connectivity index (χ1) is 10.9. The molecule has 116 valence electrons. The van der Waals surface area contributed by atoms with Gasteiger partial charge in [0, 0.05) is 5.39 Å². The molecule has 3 aromatic rings. The second-order valence-electron chi connectivity index (χ2n) is 4.78. The van der Waals surface area contributed by atoms with Crippen LogP contribution in [0.3, 0.4) is 0 Å². The van der Waals surface area contributed by atoms with Crippen LogP contribution in [0, 0.1) is 0 Å². The fourth-order valence-electron chi connectivity index (χ4n) is 2.13. The van der Waals surface area contributed by atoms with Crippen LogP contribution in [0.5, 0.6) is 5.75 Å². The summed E-state index contributed by atoms with van der Waals surface area (Å²) < 4.78 is 32.6. The minimum atomic E-state index is -4.48. The molecule has 0 aromatic heterocycles. The van der Waals surface area contributed by atoms with E-state index in [0.717, 1.165) is 0 Å². The zero-order chi connectivity index (χ0) is 16.4. The third-order valence-electron chi connectivity index (χ3n) is 3.26. The molecule has 6 nitrogen and oxygen atoms in total. The third kappa shape index (κ3) is 5.35. The molecular formula is C16H10N2Na2O4S. The Hall–Kier alpha value is -0.770. The van der Waals surface area contributed by atoms with Crippen molar-refractivity contribution >= 4 is 32.3 Å². The summed E-state index contributed by atoms with van der Waals surface area (Å²) in [6.45, 7) is 0. The van der Waals surface area contributed by atoms with Crippen molar-refractivity contribution in [3.8, 4) is 5.75 Å². The monoisotopic (exact) mass is 372 g/mol. The Morgan fingerprint density at radius 2 is 1.36 bits per heavy atom. The summed E-state index contributed by atoms with van der Waals surface area (Å²) in [6.07, 6.45) is 0. The van der Waals surface area contributed by atoms with Crippen molar-refractivity contribution in [2.24, 2.45) is 10.2 Å². The van der Waals surface area contributed by atoms with Gasteiger partial charge in [-0.15, -0.1) is 10.9 Å². The number of fused-ring (bicyclic) bond motifs is 1.